The summed E-state index contributed by atoms with van der Waals surface area (Å²) in [6.45, 7) is 6.83. The van der Waals surface area contributed by atoms with Crippen LogP contribution in [0.1, 0.15) is 34.3 Å². The van der Waals surface area contributed by atoms with E-state index in [0.29, 0.717) is 5.92 Å². The molecule has 0 bridgehead atoms. The van der Waals surface area contributed by atoms with Crippen molar-refractivity contribution in [3.63, 3.8) is 0 Å². The molecule has 1 N–H and O–H groups in total. The van der Waals surface area contributed by atoms with Gasteiger partial charge in [-0.25, -0.2) is 0 Å². The van der Waals surface area contributed by atoms with Crippen LogP contribution in [0.15, 0.2) is 18.2 Å². The van der Waals surface area contributed by atoms with Crippen LogP contribution < -0.4 is 5.32 Å². The van der Waals surface area contributed by atoms with Gasteiger partial charge in [0.05, 0.1) is 0 Å². The number of aryl methyl sites for hydroxylation is 2. The van der Waals surface area contributed by atoms with Crippen molar-refractivity contribution in [2.24, 2.45) is 5.92 Å². The summed E-state index contributed by atoms with van der Waals surface area (Å²) in [6.07, 6.45) is 2.33. The average Bonchev–Trinajstić information content (AvgIpc) is 2.41. The molecule has 1 unspecified atom stereocenters. The molecule has 1 aliphatic rings. The molecule has 1 fully saturated rings. The molecule has 1 saturated heterocycles. The maximum Gasteiger partial charge on any atom is 0.254 e. The second kappa shape index (κ2) is 6.20. The van der Waals surface area contributed by atoms with Crippen molar-refractivity contribution in [3.8, 4) is 0 Å². The summed E-state index contributed by atoms with van der Waals surface area (Å²) in [6, 6.07) is 6.11. The number of rotatable bonds is 3. The first kappa shape index (κ1) is 14.1. The Labute approximate surface area is 116 Å². The van der Waals surface area contributed by atoms with Crippen LogP contribution in [-0.4, -0.2) is 37.5 Å². The SMILES string of the molecule is CNCC1CCCN(C(=O)c2cc(C)ccc2C)C1. The lowest BCUT2D eigenvalue weighted by Crippen LogP contribution is -2.42. The third kappa shape index (κ3) is 3.35. The zero-order chi connectivity index (χ0) is 13.8. The monoisotopic (exact) mass is 260 g/mol. The number of benzene rings is 1. The Kier molecular flexibility index (Phi) is 4.59. The van der Waals surface area contributed by atoms with Crippen LogP contribution in [0, 0.1) is 19.8 Å². The van der Waals surface area contributed by atoms with Crippen molar-refractivity contribution in [2.45, 2.75) is 26.7 Å². The van der Waals surface area contributed by atoms with Gasteiger partial charge in [0, 0.05) is 18.7 Å². The predicted octanol–water partition coefficient (Wildman–Crippen LogP) is 2.38. The highest BCUT2D eigenvalue weighted by atomic mass is 16.2. The Morgan fingerprint density at radius 1 is 1.42 bits per heavy atom. The molecule has 1 heterocycles. The van der Waals surface area contributed by atoms with Crippen LogP contribution in [0.25, 0.3) is 0 Å². The minimum atomic E-state index is 0.196. The fourth-order valence-electron chi connectivity index (χ4n) is 2.84. The van der Waals surface area contributed by atoms with E-state index < -0.39 is 0 Å². The minimum absolute atomic E-state index is 0.196. The molecule has 1 aromatic carbocycles. The van der Waals surface area contributed by atoms with Gasteiger partial charge in [-0.3, -0.25) is 4.79 Å². The quantitative estimate of drug-likeness (QED) is 0.905. The van der Waals surface area contributed by atoms with Gasteiger partial charge >= 0.3 is 0 Å². The van der Waals surface area contributed by atoms with E-state index in [-0.39, 0.29) is 5.91 Å². The normalized spacial score (nSPS) is 19.5. The third-order valence-corrected chi connectivity index (χ3v) is 3.92. The summed E-state index contributed by atoms with van der Waals surface area (Å²) < 4.78 is 0. The van der Waals surface area contributed by atoms with Crippen molar-refractivity contribution in [2.75, 3.05) is 26.7 Å². The predicted molar refractivity (Wildman–Crippen MR) is 78.5 cm³/mol. The Morgan fingerprint density at radius 2 is 2.21 bits per heavy atom. The molecular weight excluding hydrogens is 236 g/mol. The molecule has 104 valence electrons. The van der Waals surface area contributed by atoms with Crippen LogP contribution in [-0.2, 0) is 0 Å². The van der Waals surface area contributed by atoms with Crippen LogP contribution in [0.2, 0.25) is 0 Å². The molecule has 1 atom stereocenters. The van der Waals surface area contributed by atoms with E-state index in [1.807, 2.05) is 37.9 Å². The molecule has 2 rings (SSSR count). The van der Waals surface area contributed by atoms with Crippen molar-refractivity contribution < 1.29 is 4.79 Å². The van der Waals surface area contributed by atoms with Gasteiger partial charge < -0.3 is 10.2 Å². The molecule has 0 saturated carbocycles. The molecule has 0 spiro atoms. The van der Waals surface area contributed by atoms with Gasteiger partial charge in [-0.15, -0.1) is 0 Å². The highest BCUT2D eigenvalue weighted by molar-refractivity contribution is 5.95. The van der Waals surface area contributed by atoms with Crippen molar-refractivity contribution in [3.05, 3.63) is 34.9 Å². The van der Waals surface area contributed by atoms with Gasteiger partial charge in [0.25, 0.3) is 5.91 Å². The van der Waals surface area contributed by atoms with Gasteiger partial charge in [0.2, 0.25) is 0 Å². The van der Waals surface area contributed by atoms with Gasteiger partial charge in [-0.1, -0.05) is 17.7 Å². The maximum absolute atomic E-state index is 12.6. The van der Waals surface area contributed by atoms with E-state index in [2.05, 4.69) is 11.4 Å². The van der Waals surface area contributed by atoms with Crippen molar-refractivity contribution in [1.82, 2.24) is 10.2 Å². The number of piperidine rings is 1. The molecule has 1 aromatic rings. The summed E-state index contributed by atoms with van der Waals surface area (Å²) in [5, 5.41) is 3.22. The number of carbonyl (C=O) groups excluding carboxylic acids is 1. The van der Waals surface area contributed by atoms with Crippen LogP contribution in [0.4, 0.5) is 0 Å². The zero-order valence-corrected chi connectivity index (χ0v) is 12.2. The molecule has 0 aliphatic carbocycles. The lowest BCUT2D eigenvalue weighted by molar-refractivity contribution is 0.0673. The third-order valence-electron chi connectivity index (χ3n) is 3.92. The van der Waals surface area contributed by atoms with E-state index >= 15 is 0 Å². The highest BCUT2D eigenvalue weighted by Crippen LogP contribution is 2.20. The molecule has 19 heavy (non-hydrogen) atoms. The average molecular weight is 260 g/mol. The zero-order valence-electron chi connectivity index (χ0n) is 12.2. The summed E-state index contributed by atoms with van der Waals surface area (Å²) in [7, 11) is 1.98. The first-order chi connectivity index (χ1) is 9.11. The molecule has 1 aliphatic heterocycles. The highest BCUT2D eigenvalue weighted by Gasteiger charge is 2.24. The fourth-order valence-corrected chi connectivity index (χ4v) is 2.84. The summed E-state index contributed by atoms with van der Waals surface area (Å²) in [4.78, 5) is 14.6. The largest absolute Gasteiger partial charge is 0.338 e. The lowest BCUT2D eigenvalue weighted by Gasteiger charge is -2.33. The van der Waals surface area contributed by atoms with Crippen molar-refractivity contribution >= 4 is 5.91 Å². The Bertz CT molecular complexity index is 454. The second-order valence-electron chi connectivity index (χ2n) is 5.64. The summed E-state index contributed by atoms with van der Waals surface area (Å²) >= 11 is 0. The number of nitrogens with zero attached hydrogens (tertiary/aromatic N) is 1. The van der Waals surface area contributed by atoms with Crippen molar-refractivity contribution in [1.29, 1.82) is 0 Å². The van der Waals surface area contributed by atoms with Crippen LogP contribution in [0.3, 0.4) is 0 Å². The van der Waals surface area contributed by atoms with Crippen LogP contribution in [0.5, 0.6) is 0 Å². The molecule has 0 aromatic heterocycles. The number of hydrogen-bond acceptors (Lipinski definition) is 2. The number of amides is 1. The Morgan fingerprint density at radius 3 is 2.95 bits per heavy atom. The summed E-state index contributed by atoms with van der Waals surface area (Å²) in [5.74, 6) is 0.787. The number of likely N-dealkylation sites (tertiary alicyclic amines) is 1. The number of hydrogen-bond donors (Lipinski definition) is 1. The van der Waals surface area contributed by atoms with E-state index in [9.17, 15) is 4.79 Å². The fraction of sp³-hybridized carbons (Fsp3) is 0.562. The topological polar surface area (TPSA) is 32.3 Å². The van der Waals surface area contributed by atoms with Gasteiger partial charge in [-0.2, -0.15) is 0 Å². The maximum atomic E-state index is 12.6. The Balaban J connectivity index is 2.12. The first-order valence-corrected chi connectivity index (χ1v) is 7.13. The molecule has 3 nitrogen and oxygen atoms in total. The van der Waals surface area contributed by atoms with Gasteiger partial charge in [0.15, 0.2) is 0 Å². The summed E-state index contributed by atoms with van der Waals surface area (Å²) in [5.41, 5.74) is 3.09. The second-order valence-corrected chi connectivity index (χ2v) is 5.64. The first-order valence-electron chi connectivity index (χ1n) is 7.13. The smallest absolute Gasteiger partial charge is 0.254 e. The van der Waals surface area contributed by atoms with Gasteiger partial charge in [0.1, 0.15) is 0 Å². The molecule has 1 amide bonds. The van der Waals surface area contributed by atoms with E-state index in [4.69, 9.17) is 0 Å². The number of nitrogens with one attached hydrogen (secondary N) is 1. The van der Waals surface area contributed by atoms with E-state index in [1.165, 1.54) is 6.42 Å². The Hall–Kier alpha value is -1.35. The minimum Gasteiger partial charge on any atom is -0.338 e. The van der Waals surface area contributed by atoms with Gasteiger partial charge in [-0.05, 0) is 57.8 Å². The number of carbonyl (C=O) groups is 1. The standard InChI is InChI=1S/C16H24N2O/c1-12-6-7-13(2)15(9-12)16(19)18-8-4-5-14(11-18)10-17-3/h6-7,9,14,17H,4-5,8,10-11H2,1-3H3. The van der Waals surface area contributed by atoms with Crippen LogP contribution >= 0.6 is 0 Å². The lowest BCUT2D eigenvalue weighted by atomic mass is 9.96. The van der Waals surface area contributed by atoms with E-state index in [1.54, 1.807) is 0 Å². The molecule has 0 radical (unpaired) electrons. The molecule has 3 heteroatoms. The van der Waals surface area contributed by atoms with E-state index in [0.717, 1.165) is 42.7 Å². The molecular formula is C16H24N2O.